The number of imidazole rings is 1. The van der Waals surface area contributed by atoms with Gasteiger partial charge in [-0.15, -0.1) is 0 Å². The Labute approximate surface area is 256 Å². The number of aromatic nitrogens is 3. The van der Waals surface area contributed by atoms with E-state index in [1.165, 1.54) is 12.0 Å². The first-order valence-electron chi connectivity index (χ1n) is 13.8. The molecule has 1 atom stereocenters. The summed E-state index contributed by atoms with van der Waals surface area (Å²) in [4.78, 5) is 50.3. The maximum atomic E-state index is 13.7. The molecule has 1 aliphatic rings. The fourth-order valence-corrected chi connectivity index (χ4v) is 6.29. The van der Waals surface area contributed by atoms with Gasteiger partial charge in [0.25, 0.3) is 5.78 Å². The molecule has 1 unspecified atom stereocenters. The normalized spacial score (nSPS) is 16.1. The van der Waals surface area contributed by atoms with Gasteiger partial charge >= 0.3 is 11.9 Å². The van der Waals surface area contributed by atoms with Crippen LogP contribution in [0.4, 0.5) is 5.13 Å². The number of Topliss-reactive ketones (excluding diaryl/α,β-unsaturated/α-hetero) is 1. The minimum Gasteiger partial charge on any atom is -0.505 e. The molecule has 5 aromatic rings. The number of pyridine rings is 1. The number of anilines is 1. The van der Waals surface area contributed by atoms with Gasteiger partial charge in [-0.3, -0.25) is 14.5 Å². The molecule has 1 fully saturated rings. The van der Waals surface area contributed by atoms with Crippen molar-refractivity contribution in [3.63, 3.8) is 0 Å². The number of fused-ring (bicyclic) bond motifs is 1. The van der Waals surface area contributed by atoms with Crippen LogP contribution < -0.4 is 9.64 Å². The monoisotopic (exact) mass is 608 g/mol. The Morgan fingerprint density at radius 2 is 1.70 bits per heavy atom. The Morgan fingerprint density at radius 1 is 0.977 bits per heavy atom. The molecule has 44 heavy (non-hydrogen) atoms. The summed E-state index contributed by atoms with van der Waals surface area (Å²) in [6.07, 6.45) is 1.82. The molecule has 0 aliphatic carbocycles. The van der Waals surface area contributed by atoms with E-state index in [2.05, 4.69) is 9.97 Å². The highest BCUT2D eigenvalue weighted by Crippen LogP contribution is 2.44. The molecule has 0 radical (unpaired) electrons. The van der Waals surface area contributed by atoms with Gasteiger partial charge in [-0.05, 0) is 55.7 Å². The smallest absolute Gasteiger partial charge is 0.350 e. The van der Waals surface area contributed by atoms with Crippen LogP contribution in [-0.2, 0) is 20.9 Å². The van der Waals surface area contributed by atoms with E-state index in [0.717, 1.165) is 22.5 Å². The second-order valence-corrected chi connectivity index (χ2v) is 11.3. The number of ketones is 1. The van der Waals surface area contributed by atoms with Crippen molar-refractivity contribution >= 4 is 45.5 Å². The Balaban J connectivity index is 1.47. The number of thiazole rings is 1. The summed E-state index contributed by atoms with van der Waals surface area (Å²) < 4.78 is 12.6. The molecule has 0 bridgehead atoms. The number of esters is 1. The molecule has 1 aliphatic heterocycles. The average molecular weight is 609 g/mol. The van der Waals surface area contributed by atoms with E-state index < -0.39 is 29.5 Å². The van der Waals surface area contributed by atoms with Gasteiger partial charge in [0.2, 0.25) is 0 Å². The number of hydrogen-bond donors (Lipinski definition) is 1. The molecule has 0 saturated carbocycles. The minimum atomic E-state index is -1.06. The Morgan fingerprint density at radius 3 is 2.39 bits per heavy atom. The first-order chi connectivity index (χ1) is 21.2. The van der Waals surface area contributed by atoms with Gasteiger partial charge in [0.05, 0.1) is 30.1 Å². The molecule has 10 nitrogen and oxygen atoms in total. The van der Waals surface area contributed by atoms with Crippen LogP contribution in [0.1, 0.15) is 49.5 Å². The molecule has 1 N–H and O–H groups in total. The molecule has 4 heterocycles. The van der Waals surface area contributed by atoms with Crippen LogP contribution in [0.5, 0.6) is 5.75 Å². The number of rotatable bonds is 7. The molecule has 11 heteroatoms. The molecular weight excluding hydrogens is 580 g/mol. The highest BCUT2D eigenvalue weighted by Gasteiger charge is 2.49. The Bertz CT molecular complexity index is 1960. The zero-order valence-electron chi connectivity index (χ0n) is 24.4. The predicted molar refractivity (Wildman–Crippen MR) is 165 cm³/mol. The molecule has 222 valence electrons. The van der Waals surface area contributed by atoms with Crippen molar-refractivity contribution in [2.75, 3.05) is 12.0 Å². The zero-order valence-corrected chi connectivity index (χ0v) is 25.2. The molecular formula is C33H28N4O6S. The number of carbonyl (C=O) groups is 3. The van der Waals surface area contributed by atoms with Crippen molar-refractivity contribution in [1.29, 1.82) is 0 Å². The van der Waals surface area contributed by atoms with Crippen LogP contribution in [-0.4, -0.2) is 44.2 Å². The second kappa shape index (κ2) is 11.4. The molecule has 3 aromatic heterocycles. The first kappa shape index (κ1) is 28.8. The quantitative estimate of drug-likeness (QED) is 0.108. The number of ether oxygens (including phenoxy) is 2. The lowest BCUT2D eigenvalue weighted by Gasteiger charge is -2.23. The summed E-state index contributed by atoms with van der Waals surface area (Å²) in [7, 11) is 1.26. The number of benzene rings is 2. The van der Waals surface area contributed by atoms with Crippen molar-refractivity contribution in [3.8, 4) is 5.75 Å². The van der Waals surface area contributed by atoms with Crippen LogP contribution in [0.3, 0.4) is 0 Å². The van der Waals surface area contributed by atoms with Gasteiger partial charge in [-0.1, -0.05) is 59.9 Å². The first-order valence-corrected chi connectivity index (χ1v) is 14.6. The van der Waals surface area contributed by atoms with Crippen molar-refractivity contribution in [2.24, 2.45) is 0 Å². The SMILES string of the molecule is COC(=O)c1sc(N2C(=O)C(=O)C(=C(O)c3nc4c(C)cccn4c3C)C2c2ccc(OCc3ccccc3)cc2)nc1C. The zero-order chi connectivity index (χ0) is 31.1. The van der Waals surface area contributed by atoms with Crippen LogP contribution in [0.25, 0.3) is 11.4 Å². The van der Waals surface area contributed by atoms with Gasteiger partial charge in [0, 0.05) is 6.20 Å². The van der Waals surface area contributed by atoms with E-state index in [1.807, 2.05) is 60.0 Å². The molecule has 2 aromatic carbocycles. The number of amides is 1. The molecule has 1 saturated heterocycles. The minimum absolute atomic E-state index is 0.126. The number of carbonyl (C=O) groups excluding carboxylic acids is 3. The van der Waals surface area contributed by atoms with Crippen molar-refractivity contribution in [2.45, 2.75) is 33.4 Å². The highest BCUT2D eigenvalue weighted by molar-refractivity contribution is 7.17. The summed E-state index contributed by atoms with van der Waals surface area (Å²) in [5.41, 5.74) is 4.05. The summed E-state index contributed by atoms with van der Waals surface area (Å²) in [5.74, 6) is -2.20. The summed E-state index contributed by atoms with van der Waals surface area (Å²) >= 11 is 0.940. The van der Waals surface area contributed by atoms with E-state index in [-0.39, 0.29) is 21.3 Å². The second-order valence-electron chi connectivity index (χ2n) is 10.3. The van der Waals surface area contributed by atoms with Crippen molar-refractivity contribution in [3.05, 3.63) is 117 Å². The third kappa shape index (κ3) is 4.90. The number of methoxy groups -OCH3 is 1. The van der Waals surface area contributed by atoms with E-state index in [4.69, 9.17) is 9.47 Å². The summed E-state index contributed by atoms with van der Waals surface area (Å²) in [6, 6.07) is 19.4. The number of aryl methyl sites for hydroxylation is 3. The Hall–Kier alpha value is -5.29. The van der Waals surface area contributed by atoms with E-state index in [1.54, 1.807) is 38.1 Å². The molecule has 0 spiro atoms. The van der Waals surface area contributed by atoms with Gasteiger partial charge in [0.1, 0.15) is 28.6 Å². The predicted octanol–water partition coefficient (Wildman–Crippen LogP) is 5.71. The van der Waals surface area contributed by atoms with E-state index >= 15 is 0 Å². The van der Waals surface area contributed by atoms with Crippen LogP contribution in [0, 0.1) is 20.8 Å². The van der Waals surface area contributed by atoms with E-state index in [9.17, 15) is 19.5 Å². The third-order valence-electron chi connectivity index (χ3n) is 7.56. The van der Waals surface area contributed by atoms with Gasteiger partial charge in [0.15, 0.2) is 10.9 Å². The van der Waals surface area contributed by atoms with Gasteiger partial charge in [-0.25, -0.2) is 14.8 Å². The molecule has 6 rings (SSSR count). The summed E-state index contributed by atoms with van der Waals surface area (Å²) in [6.45, 7) is 5.67. The van der Waals surface area contributed by atoms with Crippen LogP contribution in [0.15, 0.2) is 78.5 Å². The topological polar surface area (TPSA) is 123 Å². The lowest BCUT2D eigenvalue weighted by Crippen LogP contribution is -2.29. The highest BCUT2D eigenvalue weighted by atomic mass is 32.1. The number of nitrogens with zero attached hydrogens (tertiary/aromatic N) is 4. The average Bonchev–Trinajstić information content (AvgIpc) is 3.67. The standard InChI is InChI=1S/C33H28N4O6S/c1-18-9-8-16-36-20(3)25(35-30(18)36)27(38)24-26(22-12-14-23(15-13-22)43-17-21-10-6-5-7-11-21)37(31(40)28(24)39)33-34-19(2)29(44-33)32(41)42-4/h5-16,26,38H,17H2,1-4H3. The van der Waals surface area contributed by atoms with Gasteiger partial charge in [-0.2, -0.15) is 0 Å². The van der Waals surface area contributed by atoms with Gasteiger partial charge < -0.3 is 19.0 Å². The van der Waals surface area contributed by atoms with Crippen LogP contribution >= 0.6 is 11.3 Å². The molecule has 1 amide bonds. The largest absolute Gasteiger partial charge is 0.505 e. The number of hydrogen-bond acceptors (Lipinski definition) is 9. The van der Waals surface area contributed by atoms with Crippen molar-refractivity contribution < 1.29 is 29.0 Å². The fourth-order valence-electron chi connectivity index (χ4n) is 5.27. The summed E-state index contributed by atoms with van der Waals surface area (Å²) in [5, 5.41) is 11.8. The fraction of sp³-hybridized carbons (Fsp3) is 0.182. The third-order valence-corrected chi connectivity index (χ3v) is 8.70. The van der Waals surface area contributed by atoms with Crippen LogP contribution in [0.2, 0.25) is 0 Å². The lowest BCUT2D eigenvalue weighted by atomic mass is 9.96. The van der Waals surface area contributed by atoms with Crippen molar-refractivity contribution in [1.82, 2.24) is 14.4 Å². The maximum absolute atomic E-state index is 13.7. The number of aliphatic hydroxyl groups excluding tert-OH is 1. The number of aliphatic hydroxyl groups is 1. The lowest BCUT2D eigenvalue weighted by molar-refractivity contribution is -0.132. The van der Waals surface area contributed by atoms with E-state index in [0.29, 0.717) is 35.0 Å². The maximum Gasteiger partial charge on any atom is 0.350 e. The Kier molecular flexibility index (Phi) is 7.48.